The van der Waals surface area contributed by atoms with Gasteiger partial charge < -0.3 is 4.90 Å². The monoisotopic (exact) mass is 219 g/mol. The van der Waals surface area contributed by atoms with Crippen molar-refractivity contribution in [1.82, 2.24) is 0 Å². The minimum Gasteiger partial charge on any atom is -0.369 e. The van der Waals surface area contributed by atoms with Crippen molar-refractivity contribution < 1.29 is 0 Å². The van der Waals surface area contributed by atoms with Crippen LogP contribution < -0.4 is 4.90 Å². The van der Waals surface area contributed by atoms with Gasteiger partial charge in [-0.3, -0.25) is 0 Å². The van der Waals surface area contributed by atoms with Gasteiger partial charge in [0.1, 0.15) is 0 Å². The van der Waals surface area contributed by atoms with E-state index in [1.807, 2.05) is 13.8 Å². The smallest absolute Gasteiger partial charge is 0.0407 e. The molecule has 0 unspecified atom stereocenters. The second-order valence-corrected chi connectivity index (χ2v) is 4.62. The molecule has 0 aromatic heterocycles. The predicted octanol–water partition coefficient (Wildman–Crippen LogP) is 4.10. The van der Waals surface area contributed by atoms with Crippen LogP contribution in [0.5, 0.6) is 0 Å². The van der Waals surface area contributed by atoms with Crippen molar-refractivity contribution >= 4 is 5.69 Å². The third-order valence-corrected chi connectivity index (χ3v) is 3.13. The fourth-order valence-corrected chi connectivity index (χ4v) is 2.45. The van der Waals surface area contributed by atoms with E-state index in [0.717, 1.165) is 0 Å². The van der Waals surface area contributed by atoms with Crippen LogP contribution in [0.1, 0.15) is 44.4 Å². The molecule has 0 atom stereocenters. The van der Waals surface area contributed by atoms with E-state index in [-0.39, 0.29) is 0 Å². The fraction of sp³-hybridized carbons (Fsp3) is 0.600. The van der Waals surface area contributed by atoms with E-state index in [0.29, 0.717) is 6.04 Å². The Bertz CT molecular complexity index is 353. The highest BCUT2D eigenvalue weighted by molar-refractivity contribution is 5.62. The highest BCUT2D eigenvalue weighted by Crippen LogP contribution is 2.32. The van der Waals surface area contributed by atoms with E-state index in [1.165, 1.54) is 29.8 Å². The van der Waals surface area contributed by atoms with Crippen LogP contribution in [0.25, 0.3) is 0 Å². The summed E-state index contributed by atoms with van der Waals surface area (Å²) in [5.74, 6) is 0. The molecule has 16 heavy (non-hydrogen) atoms. The summed E-state index contributed by atoms with van der Waals surface area (Å²) >= 11 is 0. The van der Waals surface area contributed by atoms with Gasteiger partial charge in [-0.15, -0.1) is 0 Å². The summed E-state index contributed by atoms with van der Waals surface area (Å²) in [4.78, 5) is 2.51. The first-order valence-electron chi connectivity index (χ1n) is 6.46. The van der Waals surface area contributed by atoms with Crippen LogP contribution in [0.3, 0.4) is 0 Å². The largest absolute Gasteiger partial charge is 0.369 e. The Morgan fingerprint density at radius 3 is 2.31 bits per heavy atom. The number of hydrogen-bond acceptors (Lipinski definition) is 1. The van der Waals surface area contributed by atoms with Gasteiger partial charge in [0.25, 0.3) is 0 Å². The molecule has 1 aromatic carbocycles. The lowest BCUT2D eigenvalue weighted by atomic mass is 10.0. The maximum atomic E-state index is 2.51. The van der Waals surface area contributed by atoms with Gasteiger partial charge in [-0.1, -0.05) is 19.9 Å². The molecule has 1 aliphatic heterocycles. The van der Waals surface area contributed by atoms with Crippen LogP contribution in [0.15, 0.2) is 12.1 Å². The molecule has 2 rings (SSSR count). The lowest BCUT2D eigenvalue weighted by molar-refractivity contribution is 0.710. The number of fused-ring (bicyclic) bond motifs is 1. The van der Waals surface area contributed by atoms with Crippen LogP contribution in [0.4, 0.5) is 5.69 Å². The topological polar surface area (TPSA) is 3.24 Å². The second-order valence-electron chi connectivity index (χ2n) is 4.62. The first kappa shape index (κ1) is 13.1. The Hall–Kier alpha value is -0.980. The first-order chi connectivity index (χ1) is 7.59. The minimum atomic E-state index is 0.623. The molecule has 90 valence electrons. The summed E-state index contributed by atoms with van der Waals surface area (Å²) in [5, 5.41) is 0. The zero-order valence-electron chi connectivity index (χ0n) is 11.6. The first-order valence-corrected chi connectivity index (χ1v) is 6.46. The Morgan fingerprint density at radius 1 is 1.12 bits per heavy atom. The van der Waals surface area contributed by atoms with Gasteiger partial charge in [0.2, 0.25) is 0 Å². The van der Waals surface area contributed by atoms with Crippen molar-refractivity contribution in [2.75, 3.05) is 11.4 Å². The number of anilines is 1. The van der Waals surface area contributed by atoms with Crippen molar-refractivity contribution in [3.8, 4) is 0 Å². The van der Waals surface area contributed by atoms with E-state index in [9.17, 15) is 0 Å². The Labute approximate surface area is 100 Å². The molecule has 1 aliphatic rings. The molecular formula is C15H25N. The normalized spacial score (nSPS) is 13.6. The van der Waals surface area contributed by atoms with Crippen LogP contribution in [0, 0.1) is 13.8 Å². The number of benzene rings is 1. The summed E-state index contributed by atoms with van der Waals surface area (Å²) in [5.41, 5.74) is 5.87. The van der Waals surface area contributed by atoms with E-state index in [2.05, 4.69) is 44.7 Å². The second kappa shape index (κ2) is 5.38. The SMILES string of the molecule is CC.Cc1cc(C)c2c(c1)N(C(C)C)CC2. The highest BCUT2D eigenvalue weighted by Gasteiger charge is 2.22. The fourth-order valence-electron chi connectivity index (χ4n) is 2.45. The molecule has 0 radical (unpaired) electrons. The van der Waals surface area contributed by atoms with Crippen molar-refractivity contribution in [2.45, 2.75) is 54.0 Å². The number of hydrogen-bond donors (Lipinski definition) is 0. The quantitative estimate of drug-likeness (QED) is 0.687. The Balaban J connectivity index is 0.000000606. The molecule has 0 saturated heterocycles. The van der Waals surface area contributed by atoms with E-state index >= 15 is 0 Å². The maximum absolute atomic E-state index is 2.51. The predicted molar refractivity (Wildman–Crippen MR) is 73.5 cm³/mol. The van der Waals surface area contributed by atoms with E-state index in [4.69, 9.17) is 0 Å². The average molecular weight is 219 g/mol. The van der Waals surface area contributed by atoms with Gasteiger partial charge >= 0.3 is 0 Å². The van der Waals surface area contributed by atoms with Crippen LogP contribution in [0.2, 0.25) is 0 Å². The summed E-state index contributed by atoms with van der Waals surface area (Å²) in [6, 6.07) is 5.25. The Kier molecular flexibility index (Phi) is 4.40. The van der Waals surface area contributed by atoms with Crippen LogP contribution in [-0.4, -0.2) is 12.6 Å². The summed E-state index contributed by atoms with van der Waals surface area (Å²) in [6.07, 6.45) is 1.22. The zero-order chi connectivity index (χ0) is 12.3. The van der Waals surface area contributed by atoms with E-state index in [1.54, 1.807) is 5.56 Å². The maximum Gasteiger partial charge on any atom is 0.0407 e. The molecule has 0 fully saturated rings. The summed E-state index contributed by atoms with van der Waals surface area (Å²) in [7, 11) is 0. The molecule has 1 aromatic rings. The standard InChI is InChI=1S/C13H19N.C2H6/c1-9(2)14-6-5-12-11(4)7-10(3)8-13(12)14;1-2/h7-9H,5-6H2,1-4H3;1-2H3. The summed E-state index contributed by atoms with van der Waals surface area (Å²) in [6.45, 7) is 14.1. The molecule has 1 nitrogen and oxygen atoms in total. The summed E-state index contributed by atoms with van der Waals surface area (Å²) < 4.78 is 0. The number of rotatable bonds is 1. The molecule has 1 heteroatoms. The van der Waals surface area contributed by atoms with Gasteiger partial charge in [-0.25, -0.2) is 0 Å². The molecule has 0 saturated carbocycles. The lowest BCUT2D eigenvalue weighted by Gasteiger charge is -2.24. The van der Waals surface area contributed by atoms with Crippen molar-refractivity contribution in [1.29, 1.82) is 0 Å². The molecular weight excluding hydrogens is 194 g/mol. The number of aryl methyl sites for hydroxylation is 2. The van der Waals surface area contributed by atoms with Gasteiger partial charge in [-0.2, -0.15) is 0 Å². The van der Waals surface area contributed by atoms with Gasteiger partial charge in [-0.05, 0) is 56.9 Å². The van der Waals surface area contributed by atoms with Gasteiger partial charge in [0.05, 0.1) is 0 Å². The Morgan fingerprint density at radius 2 is 1.75 bits per heavy atom. The molecule has 0 aliphatic carbocycles. The third-order valence-electron chi connectivity index (χ3n) is 3.13. The van der Waals surface area contributed by atoms with E-state index < -0.39 is 0 Å². The van der Waals surface area contributed by atoms with Gasteiger partial charge in [0.15, 0.2) is 0 Å². The zero-order valence-corrected chi connectivity index (χ0v) is 11.6. The molecule has 0 spiro atoms. The van der Waals surface area contributed by atoms with Crippen LogP contribution in [-0.2, 0) is 6.42 Å². The van der Waals surface area contributed by atoms with Crippen LogP contribution >= 0.6 is 0 Å². The molecule has 1 heterocycles. The number of nitrogens with zero attached hydrogens (tertiary/aromatic N) is 1. The van der Waals surface area contributed by atoms with Crippen molar-refractivity contribution in [3.05, 3.63) is 28.8 Å². The van der Waals surface area contributed by atoms with Crippen molar-refractivity contribution in [3.63, 3.8) is 0 Å². The molecule has 0 bridgehead atoms. The minimum absolute atomic E-state index is 0.623. The van der Waals surface area contributed by atoms with Gasteiger partial charge in [0, 0.05) is 18.3 Å². The lowest BCUT2D eigenvalue weighted by Crippen LogP contribution is -2.28. The molecule has 0 N–H and O–H groups in total. The average Bonchev–Trinajstić information content (AvgIpc) is 2.64. The molecule has 0 amide bonds. The third kappa shape index (κ3) is 2.40. The van der Waals surface area contributed by atoms with Crippen molar-refractivity contribution in [2.24, 2.45) is 0 Å². The highest BCUT2D eigenvalue weighted by atomic mass is 15.2.